The highest BCUT2D eigenvalue weighted by Crippen LogP contribution is 2.22. The van der Waals surface area contributed by atoms with Gasteiger partial charge in [0.15, 0.2) is 0 Å². The number of nitrogens with zero attached hydrogens (tertiary/aromatic N) is 1. The molecule has 0 unspecified atom stereocenters. The highest BCUT2D eigenvalue weighted by Gasteiger charge is 2.21. The number of hydrogen-bond acceptors (Lipinski definition) is 3. The van der Waals surface area contributed by atoms with E-state index in [4.69, 9.17) is 0 Å². The Labute approximate surface area is 136 Å². The Hall–Kier alpha value is -2.08. The maximum Gasteiger partial charge on any atom is 0.321 e. The van der Waals surface area contributed by atoms with Crippen molar-refractivity contribution in [3.05, 3.63) is 24.3 Å². The zero-order chi connectivity index (χ0) is 16.1. The molecule has 0 bridgehead atoms. The molecule has 0 aliphatic carbocycles. The minimum Gasteiger partial charge on any atom is -0.336 e. The fourth-order valence-corrected chi connectivity index (χ4v) is 3.20. The number of carbonyl (C=O) groups excluding carboxylic acids is 2. The zero-order valence-corrected chi connectivity index (χ0v) is 13.3. The predicted molar refractivity (Wildman–Crippen MR) is 90.6 cm³/mol. The molecule has 2 aliphatic rings. The van der Waals surface area contributed by atoms with Gasteiger partial charge in [-0.05, 0) is 56.5 Å². The van der Waals surface area contributed by atoms with Crippen molar-refractivity contribution >= 4 is 23.3 Å². The van der Waals surface area contributed by atoms with Crippen molar-refractivity contribution in [2.24, 2.45) is 5.92 Å². The van der Waals surface area contributed by atoms with Gasteiger partial charge in [-0.3, -0.25) is 9.69 Å². The summed E-state index contributed by atoms with van der Waals surface area (Å²) in [5, 5.41) is 9.07. The average molecular weight is 316 g/mol. The van der Waals surface area contributed by atoms with Gasteiger partial charge in [0.05, 0.1) is 0 Å². The Morgan fingerprint density at radius 1 is 1.26 bits per heavy atom. The summed E-state index contributed by atoms with van der Waals surface area (Å²) < 4.78 is 0. The van der Waals surface area contributed by atoms with Gasteiger partial charge in [-0.15, -0.1) is 0 Å². The molecular weight excluding hydrogens is 292 g/mol. The average Bonchev–Trinajstić information content (AvgIpc) is 3.00. The van der Waals surface area contributed by atoms with Gasteiger partial charge in [-0.2, -0.15) is 0 Å². The second-order valence-corrected chi connectivity index (χ2v) is 6.21. The van der Waals surface area contributed by atoms with Crippen molar-refractivity contribution in [2.45, 2.75) is 25.7 Å². The standard InChI is InChI=1S/C17H24N4O2/c22-16(5-4-13-6-8-18-9-7-13)20-14-2-1-3-15(12-14)21-11-10-19-17(21)23/h1-3,12-13,18H,4-11H2,(H,19,23)(H,20,22). The molecule has 3 N–H and O–H groups in total. The molecule has 0 saturated carbocycles. The first kappa shape index (κ1) is 15.8. The van der Waals surface area contributed by atoms with Crippen LogP contribution in [-0.2, 0) is 4.79 Å². The maximum atomic E-state index is 12.1. The van der Waals surface area contributed by atoms with Gasteiger partial charge in [0.1, 0.15) is 0 Å². The van der Waals surface area contributed by atoms with Gasteiger partial charge in [0.25, 0.3) is 0 Å². The summed E-state index contributed by atoms with van der Waals surface area (Å²) in [6.45, 7) is 3.44. The molecule has 0 atom stereocenters. The van der Waals surface area contributed by atoms with E-state index >= 15 is 0 Å². The van der Waals surface area contributed by atoms with E-state index in [1.165, 1.54) is 0 Å². The quantitative estimate of drug-likeness (QED) is 0.777. The lowest BCUT2D eigenvalue weighted by Crippen LogP contribution is -2.28. The molecule has 1 aromatic rings. The van der Waals surface area contributed by atoms with Gasteiger partial charge < -0.3 is 16.0 Å². The maximum absolute atomic E-state index is 12.1. The fraction of sp³-hybridized carbons (Fsp3) is 0.529. The van der Waals surface area contributed by atoms with Crippen LogP contribution in [0.4, 0.5) is 16.2 Å². The predicted octanol–water partition coefficient (Wildman–Crippen LogP) is 1.93. The van der Waals surface area contributed by atoms with Crippen LogP contribution in [0.15, 0.2) is 24.3 Å². The van der Waals surface area contributed by atoms with E-state index in [-0.39, 0.29) is 11.9 Å². The number of anilines is 2. The van der Waals surface area contributed by atoms with E-state index in [1.54, 1.807) is 4.90 Å². The first-order valence-electron chi connectivity index (χ1n) is 8.38. The number of carbonyl (C=O) groups is 2. The number of amides is 3. The van der Waals surface area contributed by atoms with Crippen LogP contribution < -0.4 is 20.9 Å². The Balaban J connectivity index is 1.52. The molecule has 6 nitrogen and oxygen atoms in total. The molecule has 23 heavy (non-hydrogen) atoms. The summed E-state index contributed by atoms with van der Waals surface area (Å²) in [6.07, 6.45) is 3.82. The third-order valence-corrected chi connectivity index (χ3v) is 4.54. The van der Waals surface area contributed by atoms with E-state index in [0.29, 0.717) is 25.4 Å². The topological polar surface area (TPSA) is 73.5 Å². The smallest absolute Gasteiger partial charge is 0.321 e. The summed E-state index contributed by atoms with van der Waals surface area (Å²) in [4.78, 5) is 25.5. The second-order valence-electron chi connectivity index (χ2n) is 6.21. The van der Waals surface area contributed by atoms with Crippen LogP contribution in [-0.4, -0.2) is 38.1 Å². The molecule has 6 heteroatoms. The summed E-state index contributed by atoms with van der Waals surface area (Å²) in [7, 11) is 0. The number of piperidine rings is 1. The fourth-order valence-electron chi connectivity index (χ4n) is 3.20. The minimum absolute atomic E-state index is 0.0477. The van der Waals surface area contributed by atoms with Crippen molar-refractivity contribution in [1.82, 2.24) is 10.6 Å². The van der Waals surface area contributed by atoms with Gasteiger partial charge >= 0.3 is 6.03 Å². The van der Waals surface area contributed by atoms with Crippen LogP contribution in [0.5, 0.6) is 0 Å². The van der Waals surface area contributed by atoms with E-state index < -0.39 is 0 Å². The Kier molecular flexibility index (Phi) is 5.12. The molecule has 2 saturated heterocycles. The van der Waals surface area contributed by atoms with E-state index in [9.17, 15) is 9.59 Å². The van der Waals surface area contributed by atoms with Gasteiger partial charge in [-0.1, -0.05) is 6.07 Å². The molecule has 124 valence electrons. The number of urea groups is 1. The molecule has 1 aromatic carbocycles. The number of rotatable bonds is 5. The van der Waals surface area contributed by atoms with Gasteiger partial charge in [0.2, 0.25) is 5.91 Å². The number of hydrogen-bond donors (Lipinski definition) is 3. The first-order valence-corrected chi connectivity index (χ1v) is 8.38. The molecule has 3 amide bonds. The monoisotopic (exact) mass is 316 g/mol. The lowest BCUT2D eigenvalue weighted by Gasteiger charge is -2.22. The minimum atomic E-state index is -0.0839. The van der Waals surface area contributed by atoms with Crippen LogP contribution in [0.2, 0.25) is 0 Å². The van der Waals surface area contributed by atoms with Crippen LogP contribution in [0.1, 0.15) is 25.7 Å². The lowest BCUT2D eigenvalue weighted by molar-refractivity contribution is -0.116. The molecule has 3 rings (SSSR count). The summed E-state index contributed by atoms with van der Waals surface area (Å²) in [6, 6.07) is 7.38. The molecule has 2 heterocycles. The highest BCUT2D eigenvalue weighted by atomic mass is 16.2. The van der Waals surface area contributed by atoms with Crippen molar-refractivity contribution in [3.8, 4) is 0 Å². The third kappa shape index (κ3) is 4.22. The van der Waals surface area contributed by atoms with Crippen LogP contribution >= 0.6 is 0 Å². The Morgan fingerprint density at radius 3 is 2.83 bits per heavy atom. The summed E-state index contributed by atoms with van der Waals surface area (Å²) in [5.74, 6) is 0.702. The Bertz CT molecular complexity index is 569. The van der Waals surface area contributed by atoms with Crippen molar-refractivity contribution in [3.63, 3.8) is 0 Å². The third-order valence-electron chi connectivity index (χ3n) is 4.54. The molecule has 2 aliphatic heterocycles. The SMILES string of the molecule is O=C(CCC1CCNCC1)Nc1cccc(N2CCNC2=O)c1. The van der Waals surface area contributed by atoms with Crippen LogP contribution in [0, 0.1) is 5.92 Å². The lowest BCUT2D eigenvalue weighted by atomic mass is 9.93. The van der Waals surface area contributed by atoms with Crippen molar-refractivity contribution in [1.29, 1.82) is 0 Å². The zero-order valence-electron chi connectivity index (χ0n) is 13.3. The van der Waals surface area contributed by atoms with Gasteiger partial charge in [-0.25, -0.2) is 4.79 Å². The van der Waals surface area contributed by atoms with E-state index in [0.717, 1.165) is 43.7 Å². The summed E-state index contributed by atoms with van der Waals surface area (Å²) in [5.41, 5.74) is 1.56. The van der Waals surface area contributed by atoms with Crippen LogP contribution in [0.3, 0.4) is 0 Å². The molecule has 0 spiro atoms. The highest BCUT2D eigenvalue weighted by molar-refractivity contribution is 5.96. The second kappa shape index (κ2) is 7.46. The Morgan fingerprint density at radius 2 is 2.09 bits per heavy atom. The van der Waals surface area contributed by atoms with Crippen molar-refractivity contribution in [2.75, 3.05) is 36.4 Å². The number of benzene rings is 1. The number of nitrogens with one attached hydrogen (secondary N) is 3. The molecular formula is C17H24N4O2. The molecule has 2 fully saturated rings. The largest absolute Gasteiger partial charge is 0.336 e. The van der Waals surface area contributed by atoms with Crippen LogP contribution in [0.25, 0.3) is 0 Å². The normalized spacial score (nSPS) is 18.8. The van der Waals surface area contributed by atoms with Gasteiger partial charge in [0, 0.05) is 30.9 Å². The first-order chi connectivity index (χ1) is 11.2. The van der Waals surface area contributed by atoms with Crippen molar-refractivity contribution < 1.29 is 9.59 Å². The van der Waals surface area contributed by atoms with E-state index in [1.807, 2.05) is 24.3 Å². The molecule has 0 radical (unpaired) electrons. The molecule has 0 aromatic heterocycles. The summed E-state index contributed by atoms with van der Waals surface area (Å²) >= 11 is 0. The van der Waals surface area contributed by atoms with E-state index in [2.05, 4.69) is 16.0 Å².